The molecule has 1 aliphatic rings. The molecule has 1 amide bonds. The van der Waals surface area contributed by atoms with E-state index in [0.29, 0.717) is 29.6 Å². The zero-order valence-corrected chi connectivity index (χ0v) is 10.1. The zero-order valence-electron chi connectivity index (χ0n) is 8.62. The summed E-state index contributed by atoms with van der Waals surface area (Å²) in [5, 5.41) is 1.02. The molecule has 3 nitrogen and oxygen atoms in total. The highest BCUT2D eigenvalue weighted by molar-refractivity contribution is 6.42. The van der Waals surface area contributed by atoms with Gasteiger partial charge in [0.25, 0.3) is 0 Å². The second-order valence-corrected chi connectivity index (χ2v) is 4.74. The minimum absolute atomic E-state index is 0.0644. The zero-order chi connectivity index (χ0) is 11.7. The van der Waals surface area contributed by atoms with Crippen LogP contribution in [0.1, 0.15) is 12.0 Å². The molecule has 0 saturated carbocycles. The average molecular weight is 259 g/mol. The van der Waals surface area contributed by atoms with Gasteiger partial charge in [0.05, 0.1) is 10.0 Å². The summed E-state index contributed by atoms with van der Waals surface area (Å²) >= 11 is 12.0. The topological polar surface area (TPSA) is 46.3 Å². The highest BCUT2D eigenvalue weighted by Crippen LogP contribution is 2.27. The van der Waals surface area contributed by atoms with Crippen molar-refractivity contribution in [3.63, 3.8) is 0 Å². The largest absolute Gasteiger partial charge is 0.337 e. The van der Waals surface area contributed by atoms with Crippen molar-refractivity contribution in [3.05, 3.63) is 33.8 Å². The van der Waals surface area contributed by atoms with Crippen molar-refractivity contribution in [3.8, 4) is 0 Å². The predicted molar refractivity (Wildman–Crippen MR) is 64.5 cm³/mol. The third kappa shape index (κ3) is 2.32. The molecule has 86 valence electrons. The Balaban J connectivity index is 2.15. The van der Waals surface area contributed by atoms with Crippen LogP contribution >= 0.6 is 23.2 Å². The molecule has 0 spiro atoms. The van der Waals surface area contributed by atoms with E-state index in [2.05, 4.69) is 0 Å². The minimum atomic E-state index is -0.0644. The molecule has 16 heavy (non-hydrogen) atoms. The minimum Gasteiger partial charge on any atom is -0.337 e. The van der Waals surface area contributed by atoms with Crippen molar-refractivity contribution in [2.75, 3.05) is 6.54 Å². The van der Waals surface area contributed by atoms with Crippen LogP contribution in [0.2, 0.25) is 10.0 Å². The van der Waals surface area contributed by atoms with Crippen LogP contribution in [0.5, 0.6) is 0 Å². The molecule has 1 saturated heterocycles. The van der Waals surface area contributed by atoms with Crippen LogP contribution in [0.4, 0.5) is 0 Å². The van der Waals surface area contributed by atoms with E-state index < -0.39 is 0 Å². The van der Waals surface area contributed by atoms with Crippen molar-refractivity contribution in [1.82, 2.24) is 4.90 Å². The van der Waals surface area contributed by atoms with E-state index in [1.54, 1.807) is 11.0 Å². The van der Waals surface area contributed by atoms with Gasteiger partial charge in [0.2, 0.25) is 5.91 Å². The molecule has 5 heteroatoms. The highest BCUT2D eigenvalue weighted by Gasteiger charge is 2.27. The second kappa shape index (κ2) is 4.62. The molecule has 1 aromatic carbocycles. The standard InChI is InChI=1S/C11H12Cl2N2O/c12-9-3-1-2-7(11(9)13)5-15-6-8(14)4-10(15)16/h1-3,8H,4-6,14H2. The molecule has 1 unspecified atom stereocenters. The smallest absolute Gasteiger partial charge is 0.224 e. The average Bonchev–Trinajstić information content (AvgIpc) is 2.53. The summed E-state index contributed by atoms with van der Waals surface area (Å²) in [4.78, 5) is 13.3. The van der Waals surface area contributed by atoms with E-state index in [1.165, 1.54) is 0 Å². The number of carbonyl (C=O) groups is 1. The highest BCUT2D eigenvalue weighted by atomic mass is 35.5. The maximum absolute atomic E-state index is 11.6. The van der Waals surface area contributed by atoms with Gasteiger partial charge in [0.1, 0.15) is 0 Å². The van der Waals surface area contributed by atoms with Gasteiger partial charge in [-0.05, 0) is 11.6 Å². The van der Waals surface area contributed by atoms with Gasteiger partial charge in [-0.3, -0.25) is 4.79 Å². The van der Waals surface area contributed by atoms with Gasteiger partial charge in [-0.25, -0.2) is 0 Å². The Bertz CT molecular complexity index is 422. The number of halogens is 2. The normalized spacial score (nSPS) is 20.6. The maximum Gasteiger partial charge on any atom is 0.224 e. The SMILES string of the molecule is NC1CC(=O)N(Cc2cccc(Cl)c2Cl)C1. The monoisotopic (exact) mass is 258 g/mol. The first-order valence-electron chi connectivity index (χ1n) is 5.04. The summed E-state index contributed by atoms with van der Waals surface area (Å²) in [5.74, 6) is 0.0727. The quantitative estimate of drug-likeness (QED) is 0.883. The van der Waals surface area contributed by atoms with E-state index in [1.807, 2.05) is 12.1 Å². The van der Waals surface area contributed by atoms with Crippen molar-refractivity contribution in [1.29, 1.82) is 0 Å². The summed E-state index contributed by atoms with van der Waals surface area (Å²) < 4.78 is 0. The first kappa shape index (κ1) is 11.7. The van der Waals surface area contributed by atoms with Crippen LogP contribution in [0.25, 0.3) is 0 Å². The number of nitrogens with two attached hydrogens (primary N) is 1. The van der Waals surface area contributed by atoms with Crippen molar-refractivity contribution >= 4 is 29.1 Å². The Morgan fingerprint density at radius 1 is 1.44 bits per heavy atom. The molecule has 0 aromatic heterocycles. The number of likely N-dealkylation sites (tertiary alicyclic amines) is 1. The molecule has 1 aliphatic heterocycles. The van der Waals surface area contributed by atoms with Gasteiger partial charge in [-0.1, -0.05) is 35.3 Å². The summed E-state index contributed by atoms with van der Waals surface area (Å²) in [6, 6.07) is 5.35. The van der Waals surface area contributed by atoms with E-state index >= 15 is 0 Å². The van der Waals surface area contributed by atoms with Crippen molar-refractivity contribution in [2.24, 2.45) is 5.73 Å². The number of amides is 1. The Morgan fingerprint density at radius 2 is 2.19 bits per heavy atom. The number of carbonyl (C=O) groups excluding carboxylic acids is 1. The third-order valence-electron chi connectivity index (χ3n) is 2.64. The lowest BCUT2D eigenvalue weighted by Gasteiger charge is -2.17. The van der Waals surface area contributed by atoms with Gasteiger partial charge in [0.15, 0.2) is 0 Å². The Hall–Kier alpha value is -0.770. The fourth-order valence-corrected chi connectivity index (χ4v) is 2.21. The summed E-state index contributed by atoms with van der Waals surface area (Å²) in [7, 11) is 0. The lowest BCUT2D eigenvalue weighted by atomic mass is 10.2. The van der Waals surface area contributed by atoms with Crippen LogP contribution in [0, 0.1) is 0 Å². The van der Waals surface area contributed by atoms with Crippen LogP contribution in [0.3, 0.4) is 0 Å². The van der Waals surface area contributed by atoms with Crippen LogP contribution in [0.15, 0.2) is 18.2 Å². The van der Waals surface area contributed by atoms with Crippen LogP contribution < -0.4 is 5.73 Å². The Morgan fingerprint density at radius 3 is 2.81 bits per heavy atom. The fourth-order valence-electron chi connectivity index (χ4n) is 1.83. The molecule has 0 aliphatic carbocycles. The third-order valence-corrected chi connectivity index (χ3v) is 3.50. The number of nitrogens with zero attached hydrogens (tertiary/aromatic N) is 1. The van der Waals surface area contributed by atoms with Crippen LogP contribution in [-0.4, -0.2) is 23.4 Å². The first-order chi connectivity index (χ1) is 7.58. The summed E-state index contributed by atoms with van der Waals surface area (Å²) in [6.45, 7) is 1.06. The number of rotatable bonds is 2. The van der Waals surface area contributed by atoms with Gasteiger partial charge >= 0.3 is 0 Å². The lowest BCUT2D eigenvalue weighted by Crippen LogP contribution is -2.27. The molecule has 1 heterocycles. The molecular weight excluding hydrogens is 247 g/mol. The van der Waals surface area contributed by atoms with Gasteiger partial charge in [0, 0.05) is 25.6 Å². The summed E-state index contributed by atoms with van der Waals surface area (Å²) in [5.41, 5.74) is 6.57. The van der Waals surface area contributed by atoms with E-state index in [4.69, 9.17) is 28.9 Å². The molecule has 0 bridgehead atoms. The Labute approximate surface area is 104 Å². The van der Waals surface area contributed by atoms with Gasteiger partial charge < -0.3 is 10.6 Å². The molecule has 1 aromatic rings. The number of hydrogen-bond donors (Lipinski definition) is 1. The van der Waals surface area contributed by atoms with Crippen LogP contribution in [-0.2, 0) is 11.3 Å². The molecule has 2 rings (SSSR count). The van der Waals surface area contributed by atoms with Gasteiger partial charge in [-0.2, -0.15) is 0 Å². The predicted octanol–water partition coefficient (Wildman–Crippen LogP) is 2.05. The number of hydrogen-bond acceptors (Lipinski definition) is 2. The van der Waals surface area contributed by atoms with Crippen molar-refractivity contribution < 1.29 is 4.79 Å². The van der Waals surface area contributed by atoms with Crippen molar-refractivity contribution in [2.45, 2.75) is 19.0 Å². The summed E-state index contributed by atoms with van der Waals surface area (Å²) in [6.07, 6.45) is 0.415. The maximum atomic E-state index is 11.6. The fraction of sp³-hybridized carbons (Fsp3) is 0.364. The molecule has 1 fully saturated rings. The molecule has 2 N–H and O–H groups in total. The van der Waals surface area contributed by atoms with E-state index in [0.717, 1.165) is 5.56 Å². The first-order valence-corrected chi connectivity index (χ1v) is 5.80. The lowest BCUT2D eigenvalue weighted by molar-refractivity contribution is -0.128. The van der Waals surface area contributed by atoms with E-state index in [-0.39, 0.29) is 11.9 Å². The van der Waals surface area contributed by atoms with Gasteiger partial charge in [-0.15, -0.1) is 0 Å². The second-order valence-electron chi connectivity index (χ2n) is 3.95. The molecule has 1 atom stereocenters. The molecular formula is C11H12Cl2N2O. The number of benzene rings is 1. The van der Waals surface area contributed by atoms with E-state index in [9.17, 15) is 4.79 Å². The Kier molecular flexibility index (Phi) is 3.38. The molecule has 0 radical (unpaired) electrons.